The molecular weight excluding hydrogens is 362 g/mol. The molecule has 1 aliphatic carbocycles. The number of hydrogen-bond acceptors (Lipinski definition) is 5. The Bertz CT molecular complexity index is 1070. The van der Waals surface area contributed by atoms with E-state index in [0.717, 1.165) is 46.9 Å². The van der Waals surface area contributed by atoms with Crippen LogP contribution in [0.1, 0.15) is 34.7 Å². The van der Waals surface area contributed by atoms with E-state index in [0.29, 0.717) is 6.54 Å². The normalized spacial score (nSPS) is 16.5. The van der Waals surface area contributed by atoms with Crippen LogP contribution in [0.5, 0.6) is 11.5 Å². The third-order valence-electron chi connectivity index (χ3n) is 5.29. The Balaban J connectivity index is 1.37. The zero-order valence-electron chi connectivity index (χ0n) is 15.3. The number of hydrogen-bond donors (Lipinski definition) is 2. The standard InChI is InChI=1S/C20H21N3O3S/c1-23(9-12-6-7-14-15(8-12)26-11-25-14)10-17-21-19(24)18-13-4-2-3-5-16(13)27-20(18)22-17/h6-8H,2-5,9-11H2,1H3,(H,21,22,24)/p+1. The lowest BCUT2D eigenvalue weighted by Gasteiger charge is -2.14. The summed E-state index contributed by atoms with van der Waals surface area (Å²) in [5, 5.41) is 0.826. The van der Waals surface area contributed by atoms with Crippen LogP contribution in [0.2, 0.25) is 0 Å². The van der Waals surface area contributed by atoms with Crippen molar-refractivity contribution in [3.8, 4) is 11.5 Å². The minimum absolute atomic E-state index is 0.0188. The van der Waals surface area contributed by atoms with Crippen molar-refractivity contribution in [2.45, 2.75) is 38.8 Å². The van der Waals surface area contributed by atoms with Gasteiger partial charge in [-0.05, 0) is 49.4 Å². The molecule has 7 heteroatoms. The maximum absolute atomic E-state index is 12.7. The zero-order chi connectivity index (χ0) is 18.4. The first kappa shape index (κ1) is 16.8. The SMILES string of the molecule is C[NH+](Cc1ccc2c(c1)OCO2)Cc1nc2sc3c(c2c(=O)[nH]1)CCCC3. The lowest BCUT2D eigenvalue weighted by atomic mass is 9.97. The van der Waals surface area contributed by atoms with Gasteiger partial charge in [0.05, 0.1) is 12.4 Å². The monoisotopic (exact) mass is 384 g/mol. The van der Waals surface area contributed by atoms with E-state index in [1.54, 1.807) is 11.3 Å². The molecule has 5 rings (SSSR count). The van der Waals surface area contributed by atoms with Crippen LogP contribution >= 0.6 is 11.3 Å². The van der Waals surface area contributed by atoms with Gasteiger partial charge in [-0.1, -0.05) is 0 Å². The van der Waals surface area contributed by atoms with Gasteiger partial charge in [-0.3, -0.25) is 4.79 Å². The highest BCUT2D eigenvalue weighted by molar-refractivity contribution is 7.18. The molecule has 0 bridgehead atoms. The number of aryl methyl sites for hydroxylation is 2. The van der Waals surface area contributed by atoms with Gasteiger partial charge in [0.1, 0.15) is 17.9 Å². The van der Waals surface area contributed by atoms with Crippen LogP contribution in [0.4, 0.5) is 0 Å². The molecule has 0 spiro atoms. The van der Waals surface area contributed by atoms with Crippen LogP contribution in [0.25, 0.3) is 10.2 Å². The fourth-order valence-electron chi connectivity index (χ4n) is 4.04. The summed E-state index contributed by atoms with van der Waals surface area (Å²) in [5.74, 6) is 2.36. The minimum Gasteiger partial charge on any atom is -0.454 e. The van der Waals surface area contributed by atoms with E-state index < -0.39 is 0 Å². The van der Waals surface area contributed by atoms with E-state index >= 15 is 0 Å². The van der Waals surface area contributed by atoms with Crippen LogP contribution in [0, 0.1) is 0 Å². The van der Waals surface area contributed by atoms with Gasteiger partial charge >= 0.3 is 0 Å². The number of fused-ring (bicyclic) bond motifs is 4. The Labute approximate surface area is 160 Å². The summed E-state index contributed by atoms with van der Waals surface area (Å²) >= 11 is 1.70. The van der Waals surface area contributed by atoms with Gasteiger partial charge in [-0.25, -0.2) is 4.98 Å². The third-order valence-corrected chi connectivity index (χ3v) is 6.47. The number of quaternary nitrogens is 1. The minimum atomic E-state index is 0.0188. The van der Waals surface area contributed by atoms with Crippen molar-refractivity contribution in [2.75, 3.05) is 13.8 Å². The maximum Gasteiger partial charge on any atom is 0.260 e. The molecular formula is C20H22N3O3S+. The van der Waals surface area contributed by atoms with Gasteiger partial charge in [0, 0.05) is 10.4 Å². The lowest BCUT2D eigenvalue weighted by Crippen LogP contribution is -3.06. The number of aromatic amines is 1. The van der Waals surface area contributed by atoms with E-state index in [1.165, 1.54) is 33.7 Å². The molecule has 6 nitrogen and oxygen atoms in total. The Morgan fingerprint density at radius 1 is 1.19 bits per heavy atom. The number of nitrogens with zero attached hydrogens (tertiary/aromatic N) is 1. The van der Waals surface area contributed by atoms with Crippen LogP contribution in [-0.2, 0) is 25.9 Å². The van der Waals surface area contributed by atoms with E-state index in [-0.39, 0.29) is 12.4 Å². The highest BCUT2D eigenvalue weighted by Gasteiger charge is 2.21. The quantitative estimate of drug-likeness (QED) is 0.720. The van der Waals surface area contributed by atoms with Gasteiger partial charge in [-0.2, -0.15) is 0 Å². The second kappa shape index (κ2) is 6.65. The first-order valence-corrected chi connectivity index (χ1v) is 10.2. The number of aromatic nitrogens is 2. The first-order chi connectivity index (χ1) is 13.2. The topological polar surface area (TPSA) is 68.7 Å². The number of nitrogens with one attached hydrogen (secondary N) is 2. The average Bonchev–Trinajstić information content (AvgIpc) is 3.24. The molecule has 27 heavy (non-hydrogen) atoms. The van der Waals surface area contributed by atoms with Crippen molar-refractivity contribution in [1.82, 2.24) is 9.97 Å². The van der Waals surface area contributed by atoms with E-state index in [2.05, 4.69) is 18.1 Å². The fourth-order valence-corrected chi connectivity index (χ4v) is 5.32. The highest BCUT2D eigenvalue weighted by Crippen LogP contribution is 2.33. The van der Waals surface area contributed by atoms with Crippen LogP contribution in [-0.4, -0.2) is 23.8 Å². The molecule has 0 fully saturated rings. The number of benzene rings is 1. The lowest BCUT2D eigenvalue weighted by molar-refractivity contribution is -0.908. The molecule has 3 aromatic rings. The Morgan fingerprint density at radius 2 is 2.04 bits per heavy atom. The smallest absolute Gasteiger partial charge is 0.260 e. The predicted molar refractivity (Wildman–Crippen MR) is 104 cm³/mol. The molecule has 140 valence electrons. The molecule has 2 aliphatic rings. The zero-order valence-corrected chi connectivity index (χ0v) is 16.1. The second-order valence-electron chi connectivity index (χ2n) is 7.40. The molecule has 0 radical (unpaired) electrons. The van der Waals surface area contributed by atoms with Crippen LogP contribution in [0.3, 0.4) is 0 Å². The third kappa shape index (κ3) is 3.11. The molecule has 3 heterocycles. The Hall–Kier alpha value is -2.38. The molecule has 0 saturated carbocycles. The Morgan fingerprint density at radius 3 is 2.96 bits per heavy atom. The fraction of sp³-hybridized carbons (Fsp3) is 0.400. The summed E-state index contributed by atoms with van der Waals surface area (Å²) in [6, 6.07) is 6.04. The van der Waals surface area contributed by atoms with Gasteiger partial charge in [-0.15, -0.1) is 11.3 Å². The average molecular weight is 384 g/mol. The van der Waals surface area contributed by atoms with E-state index in [4.69, 9.17) is 14.5 Å². The summed E-state index contributed by atoms with van der Waals surface area (Å²) in [7, 11) is 2.11. The highest BCUT2D eigenvalue weighted by atomic mass is 32.1. The summed E-state index contributed by atoms with van der Waals surface area (Å²) in [6.07, 6.45) is 4.48. The molecule has 2 N–H and O–H groups in total. The van der Waals surface area contributed by atoms with Gasteiger partial charge < -0.3 is 19.4 Å². The number of H-pyrrole nitrogens is 1. The maximum atomic E-state index is 12.7. The second-order valence-corrected chi connectivity index (χ2v) is 8.49. The van der Waals surface area contributed by atoms with Crippen molar-refractivity contribution in [3.05, 3.63) is 50.4 Å². The molecule has 1 aromatic carbocycles. The molecule has 0 saturated heterocycles. The number of ether oxygens (including phenoxy) is 2. The van der Waals surface area contributed by atoms with Crippen molar-refractivity contribution in [1.29, 1.82) is 0 Å². The molecule has 1 atom stereocenters. The van der Waals surface area contributed by atoms with Crippen molar-refractivity contribution in [2.24, 2.45) is 0 Å². The number of rotatable bonds is 4. The molecule has 1 unspecified atom stereocenters. The van der Waals surface area contributed by atoms with Crippen molar-refractivity contribution >= 4 is 21.6 Å². The summed E-state index contributed by atoms with van der Waals surface area (Å²) in [6.45, 7) is 1.78. The summed E-state index contributed by atoms with van der Waals surface area (Å²) in [4.78, 5) is 24.0. The molecule has 2 aromatic heterocycles. The molecule has 1 aliphatic heterocycles. The van der Waals surface area contributed by atoms with Gasteiger partial charge in [0.15, 0.2) is 17.3 Å². The van der Waals surface area contributed by atoms with Gasteiger partial charge in [0.2, 0.25) is 6.79 Å². The largest absolute Gasteiger partial charge is 0.454 e. The predicted octanol–water partition coefficient (Wildman–Crippen LogP) is 1.81. The molecule has 0 amide bonds. The first-order valence-electron chi connectivity index (χ1n) is 9.40. The van der Waals surface area contributed by atoms with Gasteiger partial charge in [0.25, 0.3) is 5.56 Å². The number of thiophene rings is 1. The Kier molecular flexibility index (Phi) is 4.13. The van der Waals surface area contributed by atoms with Crippen molar-refractivity contribution < 1.29 is 14.4 Å². The van der Waals surface area contributed by atoms with E-state index in [1.807, 2.05) is 12.1 Å². The van der Waals surface area contributed by atoms with Crippen molar-refractivity contribution in [3.63, 3.8) is 0 Å². The summed E-state index contributed by atoms with van der Waals surface area (Å²) in [5.41, 5.74) is 2.43. The van der Waals surface area contributed by atoms with E-state index in [9.17, 15) is 4.79 Å². The van der Waals surface area contributed by atoms with Crippen LogP contribution in [0.15, 0.2) is 23.0 Å². The van der Waals surface area contributed by atoms with Crippen LogP contribution < -0.4 is 19.9 Å². The summed E-state index contributed by atoms with van der Waals surface area (Å²) < 4.78 is 10.8.